The number of carbonyl (C=O) groups is 1. The first-order chi connectivity index (χ1) is 13.8. The number of nitrogens with zero attached hydrogens (tertiary/aromatic N) is 1. The van der Waals surface area contributed by atoms with E-state index in [9.17, 15) is 4.79 Å². The summed E-state index contributed by atoms with van der Waals surface area (Å²) < 4.78 is 11.3. The third-order valence-electron chi connectivity index (χ3n) is 4.45. The first-order valence-corrected chi connectivity index (χ1v) is 9.08. The van der Waals surface area contributed by atoms with Crippen molar-refractivity contribution in [1.29, 1.82) is 0 Å². The van der Waals surface area contributed by atoms with E-state index in [4.69, 9.17) is 9.15 Å². The third-order valence-corrected chi connectivity index (χ3v) is 4.45. The molecule has 0 aliphatic rings. The van der Waals surface area contributed by atoms with Crippen molar-refractivity contribution in [2.24, 2.45) is 0 Å². The van der Waals surface area contributed by atoms with Crippen LogP contribution in [-0.2, 0) is 16.1 Å². The lowest BCUT2D eigenvalue weighted by Gasteiger charge is -2.16. The standard InChI is InChI=1S/C24H19NO3/c26-24(23(19-12-6-2-7-13-19)20-14-8-3-9-15-20)27-17-22-25-16-21(28-22)18-10-4-1-5-11-18/h1-16,23H,17H2. The molecule has 0 aliphatic heterocycles. The van der Waals surface area contributed by atoms with Crippen molar-refractivity contribution in [1.82, 2.24) is 4.98 Å². The zero-order chi connectivity index (χ0) is 19.2. The molecule has 4 nitrogen and oxygen atoms in total. The number of oxazole rings is 1. The summed E-state index contributed by atoms with van der Waals surface area (Å²) in [7, 11) is 0. The minimum Gasteiger partial charge on any atom is -0.455 e. The van der Waals surface area contributed by atoms with Gasteiger partial charge in [0.1, 0.15) is 5.92 Å². The maximum atomic E-state index is 12.9. The van der Waals surface area contributed by atoms with E-state index in [0.29, 0.717) is 11.7 Å². The van der Waals surface area contributed by atoms with Crippen molar-refractivity contribution in [3.63, 3.8) is 0 Å². The number of ether oxygens (including phenoxy) is 1. The molecule has 138 valence electrons. The molecule has 1 heterocycles. The average molecular weight is 369 g/mol. The van der Waals surface area contributed by atoms with Crippen LogP contribution in [0.3, 0.4) is 0 Å². The molecule has 4 aromatic rings. The molecule has 4 rings (SSSR count). The van der Waals surface area contributed by atoms with Crippen LogP contribution in [0.2, 0.25) is 0 Å². The molecule has 0 aliphatic carbocycles. The number of benzene rings is 3. The molecule has 0 saturated carbocycles. The van der Waals surface area contributed by atoms with Gasteiger partial charge in [-0.2, -0.15) is 0 Å². The summed E-state index contributed by atoms with van der Waals surface area (Å²) in [5.41, 5.74) is 2.70. The average Bonchev–Trinajstić information content (AvgIpc) is 3.24. The number of esters is 1. The van der Waals surface area contributed by atoms with Gasteiger partial charge >= 0.3 is 5.97 Å². The molecular weight excluding hydrogens is 350 g/mol. The molecule has 0 spiro atoms. The largest absolute Gasteiger partial charge is 0.455 e. The summed E-state index contributed by atoms with van der Waals surface area (Å²) in [4.78, 5) is 17.1. The Morgan fingerprint density at radius 1 is 0.821 bits per heavy atom. The minimum atomic E-state index is -0.494. The van der Waals surface area contributed by atoms with E-state index in [1.54, 1.807) is 6.20 Å². The molecule has 0 saturated heterocycles. The van der Waals surface area contributed by atoms with Crippen molar-refractivity contribution in [2.45, 2.75) is 12.5 Å². The molecular formula is C24H19NO3. The Labute approximate surface area is 163 Å². The van der Waals surface area contributed by atoms with Crippen LogP contribution in [0.1, 0.15) is 22.9 Å². The van der Waals surface area contributed by atoms with E-state index in [0.717, 1.165) is 16.7 Å². The second kappa shape index (κ2) is 8.35. The van der Waals surface area contributed by atoms with Crippen LogP contribution >= 0.6 is 0 Å². The fourth-order valence-electron chi connectivity index (χ4n) is 3.08. The van der Waals surface area contributed by atoms with E-state index in [-0.39, 0.29) is 12.6 Å². The fraction of sp³-hybridized carbons (Fsp3) is 0.0833. The molecule has 28 heavy (non-hydrogen) atoms. The number of rotatable bonds is 6. The number of hydrogen-bond donors (Lipinski definition) is 0. The van der Waals surface area contributed by atoms with Gasteiger partial charge in [0, 0.05) is 5.56 Å². The molecule has 0 N–H and O–H groups in total. The predicted molar refractivity (Wildman–Crippen MR) is 106 cm³/mol. The van der Waals surface area contributed by atoms with Gasteiger partial charge in [0.2, 0.25) is 5.89 Å². The molecule has 0 unspecified atom stereocenters. The van der Waals surface area contributed by atoms with Gasteiger partial charge < -0.3 is 9.15 Å². The molecule has 0 atom stereocenters. The highest BCUT2D eigenvalue weighted by Crippen LogP contribution is 2.27. The van der Waals surface area contributed by atoms with Gasteiger partial charge in [0.15, 0.2) is 12.4 Å². The Morgan fingerprint density at radius 3 is 1.93 bits per heavy atom. The zero-order valence-corrected chi connectivity index (χ0v) is 15.2. The first-order valence-electron chi connectivity index (χ1n) is 9.08. The third kappa shape index (κ3) is 4.01. The predicted octanol–water partition coefficient (Wildman–Crippen LogP) is 5.22. The maximum Gasteiger partial charge on any atom is 0.318 e. The topological polar surface area (TPSA) is 52.3 Å². The van der Waals surface area contributed by atoms with E-state index in [1.807, 2.05) is 91.0 Å². The lowest BCUT2D eigenvalue weighted by atomic mass is 9.91. The highest BCUT2D eigenvalue weighted by molar-refractivity contribution is 5.82. The second-order valence-corrected chi connectivity index (χ2v) is 6.35. The van der Waals surface area contributed by atoms with Gasteiger partial charge in [-0.25, -0.2) is 4.98 Å². The molecule has 3 aromatic carbocycles. The van der Waals surface area contributed by atoms with Gasteiger partial charge in [-0.3, -0.25) is 4.79 Å². The normalized spacial score (nSPS) is 10.8. The van der Waals surface area contributed by atoms with Gasteiger partial charge in [0.25, 0.3) is 0 Å². The molecule has 1 aromatic heterocycles. The highest BCUT2D eigenvalue weighted by Gasteiger charge is 2.24. The van der Waals surface area contributed by atoms with Crippen LogP contribution in [0.15, 0.2) is 102 Å². The van der Waals surface area contributed by atoms with Crippen LogP contribution in [0.25, 0.3) is 11.3 Å². The van der Waals surface area contributed by atoms with Crippen molar-refractivity contribution in [3.8, 4) is 11.3 Å². The Morgan fingerprint density at radius 2 is 1.36 bits per heavy atom. The van der Waals surface area contributed by atoms with Crippen molar-refractivity contribution >= 4 is 5.97 Å². The maximum absolute atomic E-state index is 12.9. The molecule has 0 radical (unpaired) electrons. The summed E-state index contributed by atoms with van der Waals surface area (Å²) in [6.07, 6.45) is 1.64. The SMILES string of the molecule is O=C(OCc1ncc(-c2ccccc2)o1)C(c1ccccc1)c1ccccc1. The Bertz CT molecular complexity index is 988. The van der Waals surface area contributed by atoms with Crippen LogP contribution in [-0.4, -0.2) is 11.0 Å². The Kier molecular flexibility index (Phi) is 5.29. The lowest BCUT2D eigenvalue weighted by Crippen LogP contribution is -2.17. The van der Waals surface area contributed by atoms with Crippen LogP contribution < -0.4 is 0 Å². The van der Waals surface area contributed by atoms with Gasteiger partial charge in [0.05, 0.1) is 6.20 Å². The number of aromatic nitrogens is 1. The fourth-order valence-corrected chi connectivity index (χ4v) is 3.08. The summed E-state index contributed by atoms with van der Waals surface area (Å²) in [5.74, 6) is 0.184. The summed E-state index contributed by atoms with van der Waals surface area (Å²) >= 11 is 0. The zero-order valence-electron chi connectivity index (χ0n) is 15.2. The molecule has 0 bridgehead atoms. The summed E-state index contributed by atoms with van der Waals surface area (Å²) in [6.45, 7) is -0.0121. The Balaban J connectivity index is 1.50. The van der Waals surface area contributed by atoms with Gasteiger partial charge in [-0.15, -0.1) is 0 Å². The van der Waals surface area contributed by atoms with Gasteiger partial charge in [-0.1, -0.05) is 91.0 Å². The molecule has 0 amide bonds. The molecule has 4 heteroatoms. The van der Waals surface area contributed by atoms with E-state index < -0.39 is 5.92 Å². The van der Waals surface area contributed by atoms with Crippen LogP contribution in [0, 0.1) is 0 Å². The van der Waals surface area contributed by atoms with E-state index in [2.05, 4.69) is 4.98 Å². The van der Waals surface area contributed by atoms with Crippen molar-refractivity contribution < 1.29 is 13.9 Å². The van der Waals surface area contributed by atoms with Crippen LogP contribution in [0.4, 0.5) is 0 Å². The smallest absolute Gasteiger partial charge is 0.318 e. The number of carbonyl (C=O) groups excluding carboxylic acids is 1. The number of hydrogen-bond acceptors (Lipinski definition) is 4. The van der Waals surface area contributed by atoms with Crippen molar-refractivity contribution in [2.75, 3.05) is 0 Å². The first kappa shape index (κ1) is 17.7. The lowest BCUT2D eigenvalue weighted by molar-refractivity contribution is -0.146. The summed E-state index contributed by atoms with van der Waals surface area (Å²) in [5, 5.41) is 0. The second-order valence-electron chi connectivity index (χ2n) is 6.35. The highest BCUT2D eigenvalue weighted by atomic mass is 16.5. The minimum absolute atomic E-state index is 0.0121. The summed E-state index contributed by atoms with van der Waals surface area (Å²) in [6, 6.07) is 28.9. The monoisotopic (exact) mass is 369 g/mol. The van der Waals surface area contributed by atoms with E-state index >= 15 is 0 Å². The molecule has 0 fully saturated rings. The van der Waals surface area contributed by atoms with Crippen LogP contribution in [0.5, 0.6) is 0 Å². The van der Waals surface area contributed by atoms with Crippen molar-refractivity contribution in [3.05, 3.63) is 114 Å². The van der Waals surface area contributed by atoms with Gasteiger partial charge in [-0.05, 0) is 11.1 Å². The quantitative estimate of drug-likeness (QED) is 0.437. The Hall–Kier alpha value is -3.66. The van der Waals surface area contributed by atoms with E-state index in [1.165, 1.54) is 0 Å².